The Morgan fingerprint density at radius 1 is 0.825 bits per heavy atom. The first kappa shape index (κ1) is 41.2. The highest BCUT2D eigenvalue weighted by Crippen LogP contribution is 2.17. The van der Waals surface area contributed by atoms with Crippen LogP contribution in [-0.2, 0) is 0 Å². The molecule has 40 heavy (non-hydrogen) atoms. The number of carbonyl (C=O) groups excluding carboxylic acids is 1. The van der Waals surface area contributed by atoms with E-state index in [-0.39, 0.29) is 11.3 Å². The zero-order valence-electron chi connectivity index (χ0n) is 28.0. The van der Waals surface area contributed by atoms with Crippen LogP contribution >= 0.6 is 0 Å². The van der Waals surface area contributed by atoms with Crippen molar-refractivity contribution in [1.82, 2.24) is 20.1 Å². The van der Waals surface area contributed by atoms with E-state index in [2.05, 4.69) is 55.0 Å². The topological polar surface area (TPSA) is 68.2 Å². The second-order valence-corrected chi connectivity index (χ2v) is 9.23. The van der Waals surface area contributed by atoms with E-state index in [9.17, 15) is 4.79 Å². The maximum absolute atomic E-state index is 12.3. The third kappa shape index (κ3) is 21.6. The summed E-state index contributed by atoms with van der Waals surface area (Å²) in [4.78, 5) is 18.2. The third-order valence-electron chi connectivity index (χ3n) is 4.47. The highest BCUT2D eigenvalue weighted by molar-refractivity contribution is 5.94. The molecule has 2 aromatic heterocycles. The van der Waals surface area contributed by atoms with E-state index >= 15 is 0 Å². The molecule has 1 aromatic carbocycles. The molecule has 3 aromatic rings. The van der Waals surface area contributed by atoms with E-state index in [0.29, 0.717) is 24.6 Å². The van der Waals surface area contributed by atoms with Gasteiger partial charge in [0.05, 0.1) is 24.1 Å². The van der Waals surface area contributed by atoms with Gasteiger partial charge < -0.3 is 9.64 Å². The van der Waals surface area contributed by atoms with Crippen molar-refractivity contribution < 1.29 is 9.53 Å². The quantitative estimate of drug-likeness (QED) is 0.314. The van der Waals surface area contributed by atoms with Gasteiger partial charge in [-0.15, -0.1) is 0 Å². The zero-order valence-corrected chi connectivity index (χ0v) is 28.0. The maximum Gasteiger partial charge on any atom is 0.255 e. The lowest BCUT2D eigenvalue weighted by Gasteiger charge is -2.29. The number of rotatable bonds is 5. The van der Waals surface area contributed by atoms with E-state index in [1.807, 2.05) is 104 Å². The molecule has 6 nitrogen and oxygen atoms in total. The summed E-state index contributed by atoms with van der Waals surface area (Å²) in [7, 11) is 0. The average molecular weight is 555 g/mol. The molecule has 0 saturated carbocycles. The van der Waals surface area contributed by atoms with Crippen molar-refractivity contribution in [2.24, 2.45) is 5.41 Å². The molecule has 0 aliphatic rings. The molecule has 0 spiro atoms. The lowest BCUT2D eigenvalue weighted by atomic mass is 9.96. The van der Waals surface area contributed by atoms with Crippen molar-refractivity contribution in [3.8, 4) is 5.88 Å². The number of ether oxygens (including phenoxy) is 1. The molecule has 0 aliphatic heterocycles. The summed E-state index contributed by atoms with van der Waals surface area (Å²) in [5, 5.41) is 7.68. The Morgan fingerprint density at radius 2 is 1.40 bits per heavy atom. The second kappa shape index (κ2) is 26.0. The minimum absolute atomic E-state index is 0.0282. The van der Waals surface area contributed by atoms with Crippen LogP contribution in [0.1, 0.15) is 103 Å². The largest absolute Gasteiger partial charge is 0.478 e. The Morgan fingerprint density at radius 3 is 1.77 bits per heavy atom. The zero-order chi connectivity index (χ0) is 31.6. The van der Waals surface area contributed by atoms with Gasteiger partial charge in [-0.05, 0) is 51.7 Å². The third-order valence-corrected chi connectivity index (χ3v) is 4.47. The van der Waals surface area contributed by atoms with Crippen molar-refractivity contribution in [2.45, 2.75) is 96.9 Å². The van der Waals surface area contributed by atoms with Gasteiger partial charge in [-0.2, -0.15) is 10.2 Å². The fourth-order valence-electron chi connectivity index (χ4n) is 2.89. The van der Waals surface area contributed by atoms with E-state index in [4.69, 9.17) is 4.74 Å². The number of benzene rings is 1. The molecule has 0 bridgehead atoms. The van der Waals surface area contributed by atoms with E-state index in [0.717, 1.165) is 17.8 Å². The molecule has 0 radical (unpaired) electrons. The van der Waals surface area contributed by atoms with Crippen LogP contribution in [0.5, 0.6) is 5.88 Å². The van der Waals surface area contributed by atoms with Gasteiger partial charge in [-0.1, -0.05) is 104 Å². The Balaban J connectivity index is -0.000000505. The number of hydrogen-bond donors (Lipinski definition) is 0. The SMILES string of the molecule is CC.CC.CC.CCN(CC(C)(C)C)C(=O)c1cnnc(C)c1.CCOc1ccc(C)cn1.Cc1ccccc1. The summed E-state index contributed by atoms with van der Waals surface area (Å²) >= 11 is 0. The van der Waals surface area contributed by atoms with Gasteiger partial charge in [0.15, 0.2) is 0 Å². The highest BCUT2D eigenvalue weighted by atomic mass is 16.5. The Hall–Kier alpha value is -3.28. The van der Waals surface area contributed by atoms with Gasteiger partial charge in [0.25, 0.3) is 5.91 Å². The average Bonchev–Trinajstić information content (AvgIpc) is 2.96. The van der Waals surface area contributed by atoms with E-state index < -0.39 is 0 Å². The molecule has 0 fully saturated rings. The molecule has 1 amide bonds. The van der Waals surface area contributed by atoms with Gasteiger partial charge in [-0.3, -0.25) is 4.79 Å². The number of hydrogen-bond acceptors (Lipinski definition) is 5. The first-order chi connectivity index (χ1) is 19.1. The maximum atomic E-state index is 12.3. The summed E-state index contributed by atoms with van der Waals surface area (Å²) in [6, 6.07) is 15.9. The predicted octanol–water partition coefficient (Wildman–Crippen LogP) is 9.16. The normalized spacial score (nSPS) is 9.15. The molecular formula is C34H58N4O2. The van der Waals surface area contributed by atoms with Crippen LogP contribution in [0.25, 0.3) is 0 Å². The molecule has 0 aliphatic carbocycles. The van der Waals surface area contributed by atoms with Crippen molar-refractivity contribution in [2.75, 3.05) is 19.7 Å². The van der Waals surface area contributed by atoms with Gasteiger partial charge in [-0.25, -0.2) is 4.98 Å². The summed E-state index contributed by atoms with van der Waals surface area (Å²) < 4.78 is 5.15. The molecule has 0 atom stereocenters. The smallest absolute Gasteiger partial charge is 0.255 e. The van der Waals surface area contributed by atoms with Crippen molar-refractivity contribution >= 4 is 5.91 Å². The van der Waals surface area contributed by atoms with Crippen molar-refractivity contribution in [3.63, 3.8) is 0 Å². The lowest BCUT2D eigenvalue weighted by molar-refractivity contribution is 0.0706. The van der Waals surface area contributed by atoms with Crippen molar-refractivity contribution in [3.05, 3.63) is 83.3 Å². The Labute approximate surface area is 246 Å². The lowest BCUT2D eigenvalue weighted by Crippen LogP contribution is -2.37. The fraction of sp³-hybridized carbons (Fsp3) is 0.529. The molecule has 226 valence electrons. The molecule has 3 rings (SSSR count). The van der Waals surface area contributed by atoms with Gasteiger partial charge >= 0.3 is 0 Å². The Kier molecular flexibility index (Phi) is 26.8. The van der Waals surface area contributed by atoms with Crippen LogP contribution in [-0.4, -0.2) is 45.7 Å². The summed E-state index contributed by atoms with van der Waals surface area (Å²) in [6.45, 7) is 30.4. The van der Waals surface area contributed by atoms with Gasteiger partial charge in [0.2, 0.25) is 5.88 Å². The van der Waals surface area contributed by atoms with Crippen LogP contribution in [0.4, 0.5) is 0 Å². The first-order valence-corrected chi connectivity index (χ1v) is 14.7. The number of pyridine rings is 1. The second-order valence-electron chi connectivity index (χ2n) is 9.23. The van der Waals surface area contributed by atoms with Crippen LogP contribution < -0.4 is 4.74 Å². The molecule has 6 heteroatoms. The number of aryl methyl sites for hydroxylation is 3. The standard InChI is InChI=1S/C13H21N3O.C8H11NO.C7H8.3C2H6/c1-6-16(9-13(3,4)5)12(17)11-7-10(2)15-14-8-11;1-3-10-8-5-4-7(2)6-9-8;1-7-5-3-2-4-6-7;3*1-2/h7-8H,6,9H2,1-5H3;4-6H,3H2,1-2H3;2-6H,1H3;3*1-2H3. The molecular weight excluding hydrogens is 496 g/mol. The van der Waals surface area contributed by atoms with E-state index in [1.54, 1.807) is 12.3 Å². The first-order valence-electron chi connectivity index (χ1n) is 14.7. The molecule has 0 unspecified atom stereocenters. The minimum atomic E-state index is 0.0282. The van der Waals surface area contributed by atoms with Crippen LogP contribution in [0.3, 0.4) is 0 Å². The van der Waals surface area contributed by atoms with Crippen molar-refractivity contribution in [1.29, 1.82) is 0 Å². The number of nitrogens with zero attached hydrogens (tertiary/aromatic N) is 4. The number of amides is 1. The summed E-state index contributed by atoms with van der Waals surface area (Å²) in [5.41, 5.74) is 3.96. The highest BCUT2D eigenvalue weighted by Gasteiger charge is 2.21. The molecule has 0 N–H and O–H groups in total. The van der Waals surface area contributed by atoms with Gasteiger partial charge in [0, 0.05) is 25.4 Å². The Bertz CT molecular complexity index is 969. The van der Waals surface area contributed by atoms with Crippen LogP contribution in [0, 0.1) is 26.2 Å². The molecule has 2 heterocycles. The van der Waals surface area contributed by atoms with Gasteiger partial charge in [0.1, 0.15) is 0 Å². The minimum Gasteiger partial charge on any atom is -0.478 e. The monoisotopic (exact) mass is 554 g/mol. The fourth-order valence-corrected chi connectivity index (χ4v) is 2.89. The predicted molar refractivity (Wildman–Crippen MR) is 173 cm³/mol. The number of aromatic nitrogens is 3. The van der Waals surface area contributed by atoms with E-state index in [1.165, 1.54) is 11.8 Å². The number of carbonyl (C=O) groups is 1. The summed E-state index contributed by atoms with van der Waals surface area (Å²) in [6.07, 6.45) is 3.33. The van der Waals surface area contributed by atoms with Crippen LogP contribution in [0.2, 0.25) is 0 Å². The molecule has 0 saturated heterocycles. The summed E-state index contributed by atoms with van der Waals surface area (Å²) in [5.74, 6) is 0.730. The van der Waals surface area contributed by atoms with Crippen LogP contribution in [0.15, 0.2) is 60.9 Å².